The average Bonchev–Trinajstić information content (AvgIpc) is 2.92. The molecular weight excluding hydrogens is 333 g/mol. The van der Waals surface area contributed by atoms with Gasteiger partial charge in [-0.1, -0.05) is 11.6 Å². The summed E-state index contributed by atoms with van der Waals surface area (Å²) >= 11 is 5.55. The minimum Gasteiger partial charge on any atom is -0.457 e. The average molecular weight is 341 g/mol. The van der Waals surface area contributed by atoms with Crippen LogP contribution in [-0.2, 0) is 11.0 Å². The molecule has 0 spiro atoms. The molecule has 4 nitrogen and oxygen atoms in total. The van der Waals surface area contributed by atoms with E-state index >= 15 is 0 Å². The zero-order valence-corrected chi connectivity index (χ0v) is 12.1. The van der Waals surface area contributed by atoms with E-state index in [9.17, 15) is 18.0 Å². The molecule has 23 heavy (non-hydrogen) atoms. The van der Waals surface area contributed by atoms with Gasteiger partial charge in [0.1, 0.15) is 23.2 Å². The van der Waals surface area contributed by atoms with Gasteiger partial charge in [0.25, 0.3) is 5.91 Å². The van der Waals surface area contributed by atoms with Crippen LogP contribution in [0.25, 0.3) is 17.4 Å². The van der Waals surface area contributed by atoms with E-state index in [2.05, 4.69) is 0 Å². The van der Waals surface area contributed by atoms with E-state index in [1.54, 1.807) is 6.07 Å². The van der Waals surface area contributed by atoms with E-state index in [0.717, 1.165) is 18.2 Å². The Hall–Kier alpha value is -2.72. The predicted octanol–water partition coefficient (Wildman–Crippen LogP) is 4.01. The summed E-state index contributed by atoms with van der Waals surface area (Å²) in [5.41, 5.74) is 3.82. The third kappa shape index (κ3) is 3.73. The van der Waals surface area contributed by atoms with Crippen molar-refractivity contribution in [2.24, 2.45) is 5.73 Å². The molecule has 0 aliphatic heterocycles. The topological polar surface area (TPSA) is 80.0 Å². The lowest BCUT2D eigenvalue weighted by atomic mass is 10.1. The van der Waals surface area contributed by atoms with Gasteiger partial charge in [-0.3, -0.25) is 4.79 Å². The van der Waals surface area contributed by atoms with Crippen molar-refractivity contribution in [3.8, 4) is 17.4 Å². The normalized spacial score (nSPS) is 12.0. The molecule has 0 fully saturated rings. The van der Waals surface area contributed by atoms with Crippen LogP contribution in [0, 0.1) is 11.3 Å². The molecule has 0 saturated heterocycles. The Morgan fingerprint density at radius 1 is 1.30 bits per heavy atom. The van der Waals surface area contributed by atoms with E-state index in [0.29, 0.717) is 0 Å². The fourth-order valence-corrected chi connectivity index (χ4v) is 2.01. The van der Waals surface area contributed by atoms with Gasteiger partial charge in [-0.15, -0.1) is 0 Å². The summed E-state index contributed by atoms with van der Waals surface area (Å²) in [5.74, 6) is -0.699. The van der Waals surface area contributed by atoms with Gasteiger partial charge in [-0.2, -0.15) is 18.4 Å². The maximum atomic E-state index is 12.8. The minimum atomic E-state index is -4.59. The molecule has 8 heteroatoms. The minimum absolute atomic E-state index is 0.110. The smallest absolute Gasteiger partial charge is 0.417 e. The van der Waals surface area contributed by atoms with Gasteiger partial charge in [0.2, 0.25) is 0 Å². The van der Waals surface area contributed by atoms with Crippen LogP contribution in [0.5, 0.6) is 0 Å². The van der Waals surface area contributed by atoms with E-state index in [4.69, 9.17) is 27.0 Å². The number of primary amides is 1. The molecule has 0 aliphatic rings. The Morgan fingerprint density at radius 3 is 2.57 bits per heavy atom. The molecule has 0 saturated carbocycles. The Morgan fingerprint density at radius 2 is 2.00 bits per heavy atom. The number of halogens is 4. The predicted molar refractivity (Wildman–Crippen MR) is 76.9 cm³/mol. The molecule has 0 bridgehead atoms. The fourth-order valence-electron chi connectivity index (χ4n) is 1.78. The van der Waals surface area contributed by atoms with Crippen molar-refractivity contribution in [1.29, 1.82) is 5.26 Å². The number of hydrogen-bond donors (Lipinski definition) is 1. The summed E-state index contributed by atoms with van der Waals surface area (Å²) in [5, 5.41) is 8.31. The standard InChI is InChI=1S/C15H8ClF3N2O2/c16-12-3-1-8(6-11(12)15(17,18)19)13-4-2-10(23-13)5-9(7-20)14(21)22/h1-6H,(H2,21,22)/b9-5+. The van der Waals surface area contributed by atoms with Crippen molar-refractivity contribution in [3.63, 3.8) is 0 Å². The number of furan rings is 1. The SMILES string of the molecule is N#C/C(=C\c1ccc(-c2ccc(Cl)c(C(F)(F)F)c2)o1)C(N)=O. The largest absolute Gasteiger partial charge is 0.457 e. The van der Waals surface area contributed by atoms with Crippen LogP contribution in [0.4, 0.5) is 13.2 Å². The number of benzene rings is 1. The van der Waals surface area contributed by atoms with E-state index in [1.807, 2.05) is 0 Å². The fraction of sp³-hybridized carbons (Fsp3) is 0.0667. The molecule has 2 N–H and O–H groups in total. The molecule has 0 atom stereocenters. The molecule has 2 rings (SSSR count). The van der Waals surface area contributed by atoms with E-state index in [1.165, 1.54) is 18.2 Å². The number of amides is 1. The van der Waals surface area contributed by atoms with Crippen LogP contribution < -0.4 is 5.73 Å². The van der Waals surface area contributed by atoms with Crippen LogP contribution in [0.15, 0.2) is 40.3 Å². The van der Waals surface area contributed by atoms with Gasteiger partial charge < -0.3 is 10.2 Å². The van der Waals surface area contributed by atoms with Crippen LogP contribution >= 0.6 is 11.6 Å². The van der Waals surface area contributed by atoms with E-state index < -0.39 is 22.7 Å². The number of alkyl halides is 3. The highest BCUT2D eigenvalue weighted by molar-refractivity contribution is 6.31. The van der Waals surface area contributed by atoms with Crippen molar-refractivity contribution in [3.05, 3.63) is 52.3 Å². The van der Waals surface area contributed by atoms with Gasteiger partial charge in [-0.05, 0) is 30.3 Å². The highest BCUT2D eigenvalue weighted by atomic mass is 35.5. The summed E-state index contributed by atoms with van der Waals surface area (Å²) in [7, 11) is 0. The van der Waals surface area contributed by atoms with Crippen molar-refractivity contribution in [2.45, 2.75) is 6.18 Å². The number of nitrogens with zero attached hydrogens (tertiary/aromatic N) is 1. The third-order valence-corrected chi connectivity index (χ3v) is 3.19. The molecule has 1 amide bonds. The second-order valence-electron chi connectivity index (χ2n) is 4.43. The second-order valence-corrected chi connectivity index (χ2v) is 4.84. The molecule has 118 valence electrons. The molecular formula is C15H8ClF3N2O2. The number of carbonyl (C=O) groups is 1. The van der Waals surface area contributed by atoms with Crippen LogP contribution in [0.1, 0.15) is 11.3 Å². The highest BCUT2D eigenvalue weighted by Crippen LogP contribution is 2.37. The molecule has 0 unspecified atom stereocenters. The zero-order valence-electron chi connectivity index (χ0n) is 11.3. The third-order valence-electron chi connectivity index (χ3n) is 2.86. The first-order chi connectivity index (χ1) is 10.7. The Labute approximate surface area is 133 Å². The molecule has 1 heterocycles. The Bertz CT molecular complexity index is 832. The molecule has 1 aromatic heterocycles. The molecule has 0 aliphatic carbocycles. The van der Waals surface area contributed by atoms with Crippen LogP contribution in [0.2, 0.25) is 5.02 Å². The van der Waals surface area contributed by atoms with Crippen LogP contribution in [-0.4, -0.2) is 5.91 Å². The summed E-state index contributed by atoms with van der Waals surface area (Å²) in [6, 6.07) is 7.74. The lowest BCUT2D eigenvalue weighted by molar-refractivity contribution is -0.137. The van der Waals surface area contributed by atoms with Gasteiger partial charge >= 0.3 is 6.18 Å². The number of hydrogen-bond acceptors (Lipinski definition) is 3. The van der Waals surface area contributed by atoms with Crippen LogP contribution in [0.3, 0.4) is 0 Å². The van der Waals surface area contributed by atoms with Crippen molar-refractivity contribution < 1.29 is 22.4 Å². The zero-order chi connectivity index (χ0) is 17.2. The first-order valence-corrected chi connectivity index (χ1v) is 6.48. The number of nitriles is 1. The maximum absolute atomic E-state index is 12.8. The van der Waals surface area contributed by atoms with Crippen molar-refractivity contribution >= 4 is 23.6 Å². The molecule has 0 radical (unpaired) electrons. The Balaban J connectivity index is 2.43. The summed E-state index contributed by atoms with van der Waals surface area (Å²) < 4.78 is 43.8. The number of rotatable bonds is 3. The number of nitrogens with two attached hydrogens (primary N) is 1. The van der Waals surface area contributed by atoms with Crippen molar-refractivity contribution in [2.75, 3.05) is 0 Å². The summed E-state index contributed by atoms with van der Waals surface area (Å²) in [4.78, 5) is 11.0. The van der Waals surface area contributed by atoms with Crippen molar-refractivity contribution in [1.82, 2.24) is 0 Å². The number of carbonyl (C=O) groups excluding carboxylic acids is 1. The van der Waals surface area contributed by atoms with Gasteiger partial charge in [0, 0.05) is 11.6 Å². The van der Waals surface area contributed by atoms with E-state index in [-0.39, 0.29) is 22.7 Å². The molecule has 1 aromatic carbocycles. The van der Waals surface area contributed by atoms with Gasteiger partial charge in [-0.25, -0.2) is 0 Å². The first-order valence-electron chi connectivity index (χ1n) is 6.11. The molecule has 2 aromatic rings. The maximum Gasteiger partial charge on any atom is 0.417 e. The lowest BCUT2D eigenvalue weighted by Crippen LogP contribution is -2.12. The Kier molecular flexibility index (Phi) is 4.48. The summed E-state index contributed by atoms with van der Waals surface area (Å²) in [6.07, 6.45) is -3.49. The monoisotopic (exact) mass is 340 g/mol. The first kappa shape index (κ1) is 16.6. The van der Waals surface area contributed by atoms with Gasteiger partial charge in [0.05, 0.1) is 10.6 Å². The second kappa shape index (κ2) is 6.18. The quantitative estimate of drug-likeness (QED) is 0.677. The van der Waals surface area contributed by atoms with Gasteiger partial charge in [0.15, 0.2) is 0 Å². The summed E-state index contributed by atoms with van der Waals surface area (Å²) in [6.45, 7) is 0. The highest BCUT2D eigenvalue weighted by Gasteiger charge is 2.33. The lowest BCUT2D eigenvalue weighted by Gasteiger charge is -2.09.